The SMILES string of the molecule is COC(=O)C(CS)NOC(=O)C(C)(C)C. The molecular weight excluding hydrogens is 218 g/mol. The van der Waals surface area contributed by atoms with E-state index >= 15 is 0 Å². The maximum Gasteiger partial charge on any atom is 0.330 e. The molecule has 0 amide bonds. The Morgan fingerprint density at radius 1 is 1.40 bits per heavy atom. The molecule has 88 valence electrons. The minimum atomic E-state index is -0.746. The van der Waals surface area contributed by atoms with Crippen molar-refractivity contribution in [2.24, 2.45) is 5.41 Å². The first-order valence-electron chi connectivity index (χ1n) is 4.48. The highest BCUT2D eigenvalue weighted by atomic mass is 32.1. The van der Waals surface area contributed by atoms with Gasteiger partial charge < -0.3 is 9.57 Å². The van der Waals surface area contributed by atoms with E-state index in [2.05, 4.69) is 22.8 Å². The fourth-order valence-electron chi connectivity index (χ4n) is 0.580. The molecule has 0 saturated carbocycles. The van der Waals surface area contributed by atoms with Gasteiger partial charge in [-0.1, -0.05) is 0 Å². The topological polar surface area (TPSA) is 64.6 Å². The number of hydrogen-bond donors (Lipinski definition) is 2. The van der Waals surface area contributed by atoms with Gasteiger partial charge in [0.05, 0.1) is 12.5 Å². The maximum absolute atomic E-state index is 11.3. The number of rotatable bonds is 4. The van der Waals surface area contributed by atoms with E-state index in [0.717, 1.165) is 0 Å². The summed E-state index contributed by atoms with van der Waals surface area (Å²) in [5, 5.41) is 0. The Balaban J connectivity index is 4.13. The molecule has 0 aromatic heterocycles. The normalized spacial score (nSPS) is 13.1. The molecule has 0 heterocycles. The second-order valence-corrected chi connectivity index (χ2v) is 4.38. The summed E-state index contributed by atoms with van der Waals surface area (Å²) in [6.07, 6.45) is 0. The van der Waals surface area contributed by atoms with E-state index < -0.39 is 23.4 Å². The number of carbonyl (C=O) groups excluding carboxylic acids is 2. The Morgan fingerprint density at radius 2 is 1.93 bits per heavy atom. The maximum atomic E-state index is 11.3. The molecule has 5 nitrogen and oxygen atoms in total. The summed E-state index contributed by atoms with van der Waals surface area (Å²) in [6, 6.07) is -0.746. The Kier molecular flexibility index (Phi) is 5.67. The molecule has 0 radical (unpaired) electrons. The number of carbonyl (C=O) groups is 2. The summed E-state index contributed by atoms with van der Waals surface area (Å²) in [4.78, 5) is 27.2. The van der Waals surface area contributed by atoms with Gasteiger partial charge in [-0.2, -0.15) is 12.6 Å². The van der Waals surface area contributed by atoms with Crippen LogP contribution in [0.25, 0.3) is 0 Å². The Morgan fingerprint density at radius 3 is 2.27 bits per heavy atom. The number of thiol groups is 1. The van der Waals surface area contributed by atoms with Gasteiger partial charge in [-0.15, -0.1) is 5.48 Å². The van der Waals surface area contributed by atoms with Crippen molar-refractivity contribution in [1.29, 1.82) is 0 Å². The molecule has 1 atom stereocenters. The highest BCUT2D eigenvalue weighted by molar-refractivity contribution is 7.80. The molecule has 15 heavy (non-hydrogen) atoms. The molecule has 0 rings (SSSR count). The highest BCUT2D eigenvalue weighted by Gasteiger charge is 2.26. The Hall–Kier alpha value is -0.750. The van der Waals surface area contributed by atoms with Crippen molar-refractivity contribution in [2.45, 2.75) is 26.8 Å². The molecule has 6 heteroatoms. The smallest absolute Gasteiger partial charge is 0.330 e. The van der Waals surface area contributed by atoms with Gasteiger partial charge in [0.15, 0.2) is 0 Å². The van der Waals surface area contributed by atoms with Gasteiger partial charge in [-0.25, -0.2) is 4.79 Å². The molecule has 1 N–H and O–H groups in total. The van der Waals surface area contributed by atoms with Gasteiger partial charge >= 0.3 is 11.9 Å². The number of hydrogen-bond acceptors (Lipinski definition) is 6. The molecular formula is C9H17NO4S. The second kappa shape index (κ2) is 5.97. The number of nitrogens with one attached hydrogen (secondary N) is 1. The van der Waals surface area contributed by atoms with Crippen molar-refractivity contribution in [3.63, 3.8) is 0 Å². The monoisotopic (exact) mass is 235 g/mol. The predicted octanol–water partition coefficient (Wildman–Crippen LogP) is 0.552. The lowest BCUT2D eigenvalue weighted by Crippen LogP contribution is -2.42. The van der Waals surface area contributed by atoms with E-state index in [1.54, 1.807) is 20.8 Å². The lowest BCUT2D eigenvalue weighted by Gasteiger charge is -2.19. The molecule has 1 unspecified atom stereocenters. The average molecular weight is 235 g/mol. The van der Waals surface area contributed by atoms with Crippen LogP contribution in [0, 0.1) is 5.41 Å². The fraction of sp³-hybridized carbons (Fsp3) is 0.778. The van der Waals surface area contributed by atoms with Crippen LogP contribution in [0.15, 0.2) is 0 Å². The third-order valence-corrected chi connectivity index (χ3v) is 1.94. The summed E-state index contributed by atoms with van der Waals surface area (Å²) >= 11 is 3.93. The van der Waals surface area contributed by atoms with Gasteiger partial charge in [0.1, 0.15) is 6.04 Å². The minimum Gasteiger partial charge on any atom is -0.468 e. The number of esters is 1. The zero-order valence-corrected chi connectivity index (χ0v) is 10.3. The Bertz CT molecular complexity index is 237. The van der Waals surface area contributed by atoms with Crippen molar-refractivity contribution < 1.29 is 19.2 Å². The third-order valence-electron chi connectivity index (χ3n) is 1.57. The quantitative estimate of drug-likeness (QED) is 0.423. The molecule has 0 fully saturated rings. The largest absolute Gasteiger partial charge is 0.468 e. The zero-order chi connectivity index (χ0) is 12.1. The van der Waals surface area contributed by atoms with Gasteiger partial charge in [0.25, 0.3) is 0 Å². The van der Waals surface area contributed by atoms with E-state index in [1.807, 2.05) is 0 Å². The van der Waals surface area contributed by atoms with Crippen molar-refractivity contribution in [2.75, 3.05) is 12.9 Å². The lowest BCUT2D eigenvalue weighted by atomic mass is 9.98. The average Bonchev–Trinajstić information content (AvgIpc) is 2.16. The molecule has 0 aliphatic heterocycles. The molecule has 0 aliphatic rings. The second-order valence-electron chi connectivity index (χ2n) is 4.02. The van der Waals surface area contributed by atoms with E-state index in [1.165, 1.54) is 7.11 Å². The number of methoxy groups -OCH3 is 1. The van der Waals surface area contributed by atoms with Crippen LogP contribution in [-0.4, -0.2) is 30.8 Å². The van der Waals surface area contributed by atoms with Crippen LogP contribution >= 0.6 is 12.6 Å². The van der Waals surface area contributed by atoms with Gasteiger partial charge in [-0.05, 0) is 20.8 Å². The first-order chi connectivity index (χ1) is 6.82. The summed E-state index contributed by atoms with van der Waals surface area (Å²) in [5.41, 5.74) is 1.71. The zero-order valence-electron chi connectivity index (χ0n) is 9.36. The van der Waals surface area contributed by atoms with E-state index in [4.69, 9.17) is 4.84 Å². The van der Waals surface area contributed by atoms with E-state index in [0.29, 0.717) is 0 Å². The predicted molar refractivity (Wildman–Crippen MR) is 58.3 cm³/mol. The first kappa shape index (κ1) is 14.2. The standard InChI is InChI=1S/C9H17NO4S/c1-9(2,3)8(12)14-10-6(5-15)7(11)13-4/h6,10,15H,5H2,1-4H3. The first-order valence-corrected chi connectivity index (χ1v) is 5.11. The van der Waals surface area contributed by atoms with Crippen molar-refractivity contribution >= 4 is 24.6 Å². The minimum absolute atomic E-state index is 0.185. The van der Waals surface area contributed by atoms with E-state index in [9.17, 15) is 9.59 Å². The van der Waals surface area contributed by atoms with Crippen LogP contribution in [0.3, 0.4) is 0 Å². The molecule has 0 aromatic carbocycles. The fourth-order valence-corrected chi connectivity index (χ4v) is 0.804. The van der Waals surface area contributed by atoms with Gasteiger partial charge in [0, 0.05) is 5.75 Å². The van der Waals surface area contributed by atoms with Gasteiger partial charge in [-0.3, -0.25) is 4.79 Å². The van der Waals surface area contributed by atoms with Crippen LogP contribution in [0.5, 0.6) is 0 Å². The summed E-state index contributed by atoms with van der Waals surface area (Å²) in [6.45, 7) is 5.14. The van der Waals surface area contributed by atoms with Crippen LogP contribution in [0.1, 0.15) is 20.8 Å². The molecule has 0 saturated heterocycles. The van der Waals surface area contributed by atoms with Crippen molar-refractivity contribution in [3.05, 3.63) is 0 Å². The highest BCUT2D eigenvalue weighted by Crippen LogP contribution is 2.14. The number of ether oxygens (including phenoxy) is 1. The van der Waals surface area contributed by atoms with Gasteiger partial charge in [0.2, 0.25) is 0 Å². The molecule has 0 aliphatic carbocycles. The lowest BCUT2D eigenvalue weighted by molar-refractivity contribution is -0.165. The van der Waals surface area contributed by atoms with Crippen molar-refractivity contribution in [3.8, 4) is 0 Å². The molecule has 0 spiro atoms. The number of hydroxylamine groups is 1. The van der Waals surface area contributed by atoms with Crippen LogP contribution in [0.4, 0.5) is 0 Å². The summed E-state index contributed by atoms with van der Waals surface area (Å²) < 4.78 is 4.48. The van der Waals surface area contributed by atoms with Crippen LogP contribution < -0.4 is 5.48 Å². The Labute approximate surface area is 94.9 Å². The third kappa shape index (κ3) is 5.03. The van der Waals surface area contributed by atoms with Crippen LogP contribution in [-0.2, 0) is 19.2 Å². The van der Waals surface area contributed by atoms with E-state index in [-0.39, 0.29) is 5.75 Å². The molecule has 0 bridgehead atoms. The summed E-state index contributed by atoms with van der Waals surface area (Å²) in [7, 11) is 1.26. The molecule has 0 aromatic rings. The summed E-state index contributed by atoms with van der Waals surface area (Å²) in [5.74, 6) is -0.783. The van der Waals surface area contributed by atoms with Crippen molar-refractivity contribution in [1.82, 2.24) is 5.48 Å². The van der Waals surface area contributed by atoms with Crippen LogP contribution in [0.2, 0.25) is 0 Å².